The molecule has 0 aliphatic carbocycles. The van der Waals surface area contributed by atoms with E-state index in [1.54, 1.807) is 24.5 Å². The Labute approximate surface area is 120 Å². The average molecular weight is 270 g/mol. The van der Waals surface area contributed by atoms with Crippen molar-refractivity contribution in [3.05, 3.63) is 70.1 Å². The van der Waals surface area contributed by atoms with Crippen molar-refractivity contribution in [1.29, 1.82) is 0 Å². The molecule has 20 heavy (non-hydrogen) atoms. The maximum absolute atomic E-state index is 11.1. The summed E-state index contributed by atoms with van der Waals surface area (Å²) in [6.07, 6.45) is 3.54. The second-order valence-corrected chi connectivity index (χ2v) is 6.21. The van der Waals surface area contributed by atoms with Crippen molar-refractivity contribution in [2.45, 2.75) is 38.8 Å². The molecule has 1 aromatic carbocycles. The summed E-state index contributed by atoms with van der Waals surface area (Å²) in [6.45, 7) is 7.25. The first-order chi connectivity index (χ1) is 9.36. The van der Waals surface area contributed by atoms with Gasteiger partial charge in [-0.15, -0.1) is 0 Å². The van der Waals surface area contributed by atoms with E-state index in [2.05, 4.69) is 45.0 Å². The first-order valence-electron chi connectivity index (χ1n) is 6.88. The molecule has 0 bridgehead atoms. The zero-order valence-electron chi connectivity index (χ0n) is 12.3. The highest BCUT2D eigenvalue weighted by Crippen LogP contribution is 2.23. The normalized spacial score (nSPS) is 13.2. The Morgan fingerprint density at radius 3 is 2.10 bits per heavy atom. The summed E-state index contributed by atoms with van der Waals surface area (Å²) in [6, 6.07) is 11.5. The minimum absolute atomic E-state index is 0.0179. The Morgan fingerprint density at radius 2 is 1.60 bits per heavy atom. The highest BCUT2D eigenvalue weighted by molar-refractivity contribution is 5.29. The minimum atomic E-state index is -0.0773. The van der Waals surface area contributed by atoms with E-state index in [1.165, 1.54) is 5.56 Å². The van der Waals surface area contributed by atoms with Gasteiger partial charge in [-0.2, -0.15) is 0 Å². The lowest BCUT2D eigenvalue weighted by atomic mass is 9.86. The molecule has 0 aliphatic rings. The number of benzene rings is 1. The highest BCUT2D eigenvalue weighted by atomic mass is 16.1. The van der Waals surface area contributed by atoms with Gasteiger partial charge in [0.05, 0.1) is 0 Å². The van der Waals surface area contributed by atoms with Crippen LogP contribution in [-0.2, 0) is 12.0 Å². The monoisotopic (exact) mass is 270 g/mol. The van der Waals surface area contributed by atoms with Gasteiger partial charge in [0.15, 0.2) is 5.43 Å². The van der Waals surface area contributed by atoms with Crippen LogP contribution in [0.4, 0.5) is 0 Å². The number of rotatable bonds is 3. The molecule has 1 atom stereocenters. The van der Waals surface area contributed by atoms with Crippen molar-refractivity contribution >= 4 is 0 Å². The maximum Gasteiger partial charge on any atom is 0.181 e. The molecule has 1 heterocycles. The van der Waals surface area contributed by atoms with Crippen LogP contribution >= 0.6 is 0 Å². The predicted octanol–water partition coefficient (Wildman–Crippen LogP) is 2.85. The van der Waals surface area contributed by atoms with E-state index in [4.69, 9.17) is 5.73 Å². The topological polar surface area (TPSA) is 48.0 Å². The van der Waals surface area contributed by atoms with Crippen LogP contribution < -0.4 is 11.2 Å². The Balaban J connectivity index is 2.11. The summed E-state index contributed by atoms with van der Waals surface area (Å²) >= 11 is 0. The highest BCUT2D eigenvalue weighted by Gasteiger charge is 2.14. The summed E-state index contributed by atoms with van der Waals surface area (Å²) in [4.78, 5) is 11.1. The van der Waals surface area contributed by atoms with Crippen LogP contribution in [0.15, 0.2) is 53.6 Å². The van der Waals surface area contributed by atoms with E-state index in [1.807, 2.05) is 4.57 Å². The molecular weight excluding hydrogens is 248 g/mol. The minimum Gasteiger partial charge on any atom is -0.352 e. The molecule has 0 fully saturated rings. The molecule has 1 unspecified atom stereocenters. The summed E-state index contributed by atoms with van der Waals surface area (Å²) < 4.78 is 1.93. The molecule has 0 radical (unpaired) electrons. The predicted molar refractivity (Wildman–Crippen MR) is 82.8 cm³/mol. The van der Waals surface area contributed by atoms with E-state index in [-0.39, 0.29) is 16.9 Å². The molecule has 2 rings (SSSR count). The van der Waals surface area contributed by atoms with E-state index < -0.39 is 0 Å². The number of hydrogen-bond donors (Lipinski definition) is 1. The van der Waals surface area contributed by atoms with Crippen LogP contribution in [0.1, 0.15) is 37.9 Å². The van der Waals surface area contributed by atoms with E-state index in [9.17, 15) is 4.79 Å². The largest absolute Gasteiger partial charge is 0.352 e. The summed E-state index contributed by atoms with van der Waals surface area (Å²) in [5.74, 6) is 0. The molecule has 2 N–H and O–H groups in total. The second-order valence-electron chi connectivity index (χ2n) is 6.21. The summed E-state index contributed by atoms with van der Waals surface area (Å²) in [5, 5.41) is 0. The molecule has 0 amide bonds. The molecular formula is C17H22N2O. The van der Waals surface area contributed by atoms with Gasteiger partial charge >= 0.3 is 0 Å². The molecule has 106 valence electrons. The van der Waals surface area contributed by atoms with Gasteiger partial charge in [0, 0.05) is 37.1 Å². The molecule has 2 aromatic rings. The zero-order valence-corrected chi connectivity index (χ0v) is 12.3. The van der Waals surface area contributed by atoms with Gasteiger partial charge in [0.1, 0.15) is 0 Å². The molecule has 0 spiro atoms. The summed E-state index contributed by atoms with van der Waals surface area (Å²) in [7, 11) is 0. The third-order valence-corrected chi connectivity index (χ3v) is 3.47. The van der Waals surface area contributed by atoms with Crippen LogP contribution in [0, 0.1) is 0 Å². The van der Waals surface area contributed by atoms with Crippen molar-refractivity contribution in [1.82, 2.24) is 4.57 Å². The van der Waals surface area contributed by atoms with Crippen molar-refractivity contribution in [2.75, 3.05) is 0 Å². The number of pyridine rings is 1. The van der Waals surface area contributed by atoms with Crippen LogP contribution in [-0.4, -0.2) is 4.57 Å². The Morgan fingerprint density at radius 1 is 1.05 bits per heavy atom. The second kappa shape index (κ2) is 5.63. The van der Waals surface area contributed by atoms with E-state index in [0.717, 1.165) is 5.56 Å². The van der Waals surface area contributed by atoms with Gasteiger partial charge in [-0.05, 0) is 16.5 Å². The fourth-order valence-electron chi connectivity index (χ4n) is 2.13. The zero-order chi connectivity index (χ0) is 14.8. The van der Waals surface area contributed by atoms with Gasteiger partial charge < -0.3 is 10.3 Å². The molecule has 0 saturated heterocycles. The smallest absolute Gasteiger partial charge is 0.181 e. The van der Waals surface area contributed by atoms with Crippen LogP contribution in [0.5, 0.6) is 0 Å². The maximum atomic E-state index is 11.1. The lowest BCUT2D eigenvalue weighted by Crippen LogP contribution is -2.19. The van der Waals surface area contributed by atoms with Gasteiger partial charge in [-0.1, -0.05) is 45.0 Å². The quantitative estimate of drug-likeness (QED) is 0.932. The number of nitrogens with zero attached hydrogens (tertiary/aromatic N) is 1. The van der Waals surface area contributed by atoms with E-state index >= 15 is 0 Å². The molecule has 0 aliphatic heterocycles. The number of hydrogen-bond acceptors (Lipinski definition) is 2. The Kier molecular flexibility index (Phi) is 4.09. The first-order valence-corrected chi connectivity index (χ1v) is 6.88. The van der Waals surface area contributed by atoms with Crippen LogP contribution in [0.25, 0.3) is 0 Å². The summed E-state index contributed by atoms with van der Waals surface area (Å²) in [5.41, 5.74) is 8.81. The third kappa shape index (κ3) is 3.58. The molecule has 3 nitrogen and oxygen atoms in total. The van der Waals surface area contributed by atoms with Crippen molar-refractivity contribution < 1.29 is 0 Å². The van der Waals surface area contributed by atoms with Crippen molar-refractivity contribution in [2.24, 2.45) is 5.73 Å². The average Bonchev–Trinajstić information content (AvgIpc) is 2.40. The molecule has 0 saturated carbocycles. The van der Waals surface area contributed by atoms with Crippen LogP contribution in [0.2, 0.25) is 0 Å². The van der Waals surface area contributed by atoms with Gasteiger partial charge in [0.25, 0.3) is 0 Å². The standard InChI is InChI=1S/C17H22N2O/c1-17(2,3)14-6-4-13(5-7-14)16(18)12-19-10-8-15(20)9-11-19/h4-11,16H,12,18H2,1-3H3. The molecule has 3 heteroatoms. The van der Waals surface area contributed by atoms with Gasteiger partial charge in [-0.3, -0.25) is 4.79 Å². The number of aromatic nitrogens is 1. The SMILES string of the molecule is CC(C)(C)c1ccc(C(N)Cn2ccc(=O)cc2)cc1. The fraction of sp³-hybridized carbons (Fsp3) is 0.353. The lowest BCUT2D eigenvalue weighted by molar-refractivity contribution is 0.569. The fourth-order valence-corrected chi connectivity index (χ4v) is 2.13. The van der Waals surface area contributed by atoms with Gasteiger partial charge in [0.2, 0.25) is 0 Å². The lowest BCUT2D eigenvalue weighted by Gasteiger charge is -2.20. The Hall–Kier alpha value is -1.87. The van der Waals surface area contributed by atoms with E-state index in [0.29, 0.717) is 6.54 Å². The van der Waals surface area contributed by atoms with Gasteiger partial charge in [-0.25, -0.2) is 0 Å². The van der Waals surface area contributed by atoms with Crippen molar-refractivity contribution in [3.63, 3.8) is 0 Å². The van der Waals surface area contributed by atoms with Crippen LogP contribution in [0.3, 0.4) is 0 Å². The molecule has 1 aromatic heterocycles. The first kappa shape index (κ1) is 14.5. The Bertz CT molecular complexity index is 600. The third-order valence-electron chi connectivity index (χ3n) is 3.47. The number of nitrogens with two attached hydrogens (primary N) is 1. The van der Waals surface area contributed by atoms with Crippen molar-refractivity contribution in [3.8, 4) is 0 Å².